The maximum absolute atomic E-state index is 12.0. The van der Waals surface area contributed by atoms with Gasteiger partial charge in [-0.15, -0.1) is 0 Å². The molecule has 0 radical (unpaired) electrons. The van der Waals surface area contributed by atoms with Crippen LogP contribution in [0.25, 0.3) is 6.08 Å². The van der Waals surface area contributed by atoms with Crippen LogP contribution in [0.4, 0.5) is 5.69 Å². The number of non-ortho nitro benzene ring substituents is 1. The fourth-order valence-electron chi connectivity index (χ4n) is 2.57. The molecular weight excluding hydrogens is 459 g/mol. The van der Waals surface area contributed by atoms with E-state index in [0.29, 0.717) is 0 Å². The molecule has 0 saturated carbocycles. The van der Waals surface area contributed by atoms with Crippen LogP contribution >= 0.6 is 23.2 Å². The number of carbonyl (C=O) groups excluding carboxylic acids is 2. The third-order valence-electron chi connectivity index (χ3n) is 4.19. The predicted molar refractivity (Wildman–Crippen MR) is 121 cm³/mol. The Kier molecular flexibility index (Phi) is 9.87. The first kappa shape index (κ1) is 25.1. The second-order valence-corrected chi connectivity index (χ2v) is 7.56. The lowest BCUT2D eigenvalue weighted by Gasteiger charge is -2.24. The van der Waals surface area contributed by atoms with E-state index in [9.17, 15) is 24.8 Å². The van der Waals surface area contributed by atoms with Gasteiger partial charge < -0.3 is 15.2 Å². The van der Waals surface area contributed by atoms with Gasteiger partial charge in [0.1, 0.15) is 12.7 Å². The summed E-state index contributed by atoms with van der Waals surface area (Å²) in [7, 11) is 0. The Morgan fingerprint density at radius 3 is 2.34 bits per heavy atom. The average molecular weight is 479 g/mol. The zero-order valence-electron chi connectivity index (χ0n) is 16.6. The lowest BCUT2D eigenvalue weighted by molar-refractivity contribution is -0.384. The van der Waals surface area contributed by atoms with Crippen molar-refractivity contribution >= 4 is 46.8 Å². The number of nitrogens with one attached hydrogen (secondary N) is 1. The molecule has 1 amide bonds. The van der Waals surface area contributed by atoms with E-state index >= 15 is 0 Å². The number of rotatable bonds is 10. The van der Waals surface area contributed by atoms with Crippen LogP contribution in [0.1, 0.15) is 17.2 Å². The van der Waals surface area contributed by atoms with E-state index in [-0.39, 0.29) is 11.3 Å². The fraction of sp³-hybridized carbons (Fsp3) is 0.182. The molecule has 0 aliphatic rings. The number of carbonyl (C=O) groups is 2. The van der Waals surface area contributed by atoms with Gasteiger partial charge in [-0.3, -0.25) is 14.9 Å². The van der Waals surface area contributed by atoms with Crippen LogP contribution in [0.3, 0.4) is 0 Å². The van der Waals surface area contributed by atoms with Crippen molar-refractivity contribution in [2.75, 3.05) is 6.61 Å². The topological polar surface area (TPSA) is 119 Å². The van der Waals surface area contributed by atoms with Gasteiger partial charge in [0.25, 0.3) is 11.6 Å². The standard InChI is InChI=1S/C22H20Cl2N2O6/c23-21(24)22(29)25-18(20(28)16-10-12-17(13-11-16)26(30)31)14-32-19(27)9-5-4-8-15-6-2-1-3-7-15/h1-13,18,20-21,28H,14H2,(H,25,29)/t18-,20-/m1/s1. The van der Waals surface area contributed by atoms with Crippen LogP contribution in [-0.2, 0) is 14.3 Å². The third-order valence-corrected chi connectivity index (χ3v) is 4.59. The van der Waals surface area contributed by atoms with Crippen LogP contribution in [0.5, 0.6) is 0 Å². The number of aliphatic hydroxyl groups excluding tert-OH is 1. The van der Waals surface area contributed by atoms with Gasteiger partial charge in [0.15, 0.2) is 4.84 Å². The van der Waals surface area contributed by atoms with Crippen LogP contribution in [0.2, 0.25) is 0 Å². The largest absolute Gasteiger partial charge is 0.460 e. The second-order valence-electron chi connectivity index (χ2n) is 6.47. The molecule has 32 heavy (non-hydrogen) atoms. The van der Waals surface area contributed by atoms with Gasteiger partial charge >= 0.3 is 5.97 Å². The molecule has 0 aliphatic heterocycles. The number of ether oxygens (including phenoxy) is 1. The minimum absolute atomic E-state index is 0.164. The van der Waals surface area contributed by atoms with Crippen molar-refractivity contribution in [3.05, 3.63) is 94.1 Å². The molecule has 0 spiro atoms. The minimum Gasteiger partial charge on any atom is -0.460 e. The Morgan fingerprint density at radius 2 is 1.75 bits per heavy atom. The van der Waals surface area contributed by atoms with Crippen LogP contribution in [0, 0.1) is 10.1 Å². The molecule has 0 heterocycles. The quantitative estimate of drug-likeness (QED) is 0.134. The smallest absolute Gasteiger partial charge is 0.330 e. The van der Waals surface area contributed by atoms with Crippen molar-refractivity contribution in [1.29, 1.82) is 0 Å². The third kappa shape index (κ3) is 8.14. The molecule has 0 fully saturated rings. The van der Waals surface area contributed by atoms with Crippen molar-refractivity contribution in [3.63, 3.8) is 0 Å². The SMILES string of the molecule is O=C(C=CC=Cc1ccccc1)OC[C@@H](NC(=O)C(Cl)Cl)[C@H](O)c1ccc([N+](=O)[O-])cc1. The highest BCUT2D eigenvalue weighted by atomic mass is 35.5. The van der Waals surface area contributed by atoms with E-state index < -0.39 is 40.4 Å². The summed E-state index contributed by atoms with van der Waals surface area (Å²) >= 11 is 11.1. The number of allylic oxidation sites excluding steroid dienone is 2. The molecule has 168 valence electrons. The first-order chi connectivity index (χ1) is 15.3. The van der Waals surface area contributed by atoms with Crippen LogP contribution < -0.4 is 5.32 Å². The van der Waals surface area contributed by atoms with Gasteiger partial charge in [0.05, 0.1) is 11.0 Å². The molecule has 10 heteroatoms. The molecule has 0 bridgehead atoms. The normalized spacial score (nSPS) is 13.2. The van der Waals surface area contributed by atoms with E-state index in [4.69, 9.17) is 27.9 Å². The number of hydrogen-bond acceptors (Lipinski definition) is 6. The van der Waals surface area contributed by atoms with Gasteiger partial charge in [-0.05, 0) is 23.3 Å². The van der Waals surface area contributed by atoms with Gasteiger partial charge in [-0.25, -0.2) is 4.79 Å². The Labute approximate surface area is 194 Å². The summed E-state index contributed by atoms with van der Waals surface area (Å²) in [5.74, 6) is -1.50. The van der Waals surface area contributed by atoms with E-state index in [1.54, 1.807) is 12.2 Å². The molecule has 8 nitrogen and oxygen atoms in total. The zero-order valence-corrected chi connectivity index (χ0v) is 18.1. The fourth-order valence-corrected chi connectivity index (χ4v) is 2.69. The van der Waals surface area contributed by atoms with Crippen molar-refractivity contribution in [1.82, 2.24) is 5.32 Å². The number of esters is 1. The van der Waals surface area contributed by atoms with E-state index in [2.05, 4.69) is 5.32 Å². The molecule has 2 aromatic carbocycles. The van der Waals surface area contributed by atoms with Crippen LogP contribution in [-0.4, -0.2) is 39.4 Å². The highest BCUT2D eigenvalue weighted by Gasteiger charge is 2.26. The summed E-state index contributed by atoms with van der Waals surface area (Å²) in [6.45, 7) is -0.393. The number of hydrogen-bond donors (Lipinski definition) is 2. The molecular formula is C22H20Cl2N2O6. The number of aliphatic hydroxyl groups is 1. The zero-order chi connectivity index (χ0) is 23.5. The van der Waals surface area contributed by atoms with Crippen molar-refractivity contribution in [2.24, 2.45) is 0 Å². The van der Waals surface area contributed by atoms with Crippen molar-refractivity contribution in [3.8, 4) is 0 Å². The number of halogens is 2. The lowest BCUT2D eigenvalue weighted by Crippen LogP contribution is -2.45. The second kappa shape index (κ2) is 12.6. The predicted octanol–water partition coefficient (Wildman–Crippen LogP) is 3.73. The Hall–Kier alpha value is -3.20. The molecule has 2 atom stereocenters. The summed E-state index contributed by atoms with van der Waals surface area (Å²) in [5.41, 5.74) is 1.05. The number of alkyl halides is 2. The van der Waals surface area contributed by atoms with E-state index in [0.717, 1.165) is 5.56 Å². The minimum atomic E-state index is -1.40. The number of nitro benzene ring substituents is 1. The number of amides is 1. The van der Waals surface area contributed by atoms with Crippen LogP contribution in [0.15, 0.2) is 72.8 Å². The molecule has 2 N–H and O–H groups in total. The first-order valence-corrected chi connectivity index (χ1v) is 10.2. The summed E-state index contributed by atoms with van der Waals surface area (Å²) in [6.07, 6.45) is 4.78. The molecule has 0 aliphatic carbocycles. The van der Waals surface area contributed by atoms with Gasteiger partial charge in [0, 0.05) is 18.2 Å². The number of benzene rings is 2. The first-order valence-electron chi connectivity index (χ1n) is 9.35. The summed E-state index contributed by atoms with van der Waals surface area (Å²) in [5, 5.41) is 23.8. The molecule has 2 rings (SSSR count). The average Bonchev–Trinajstić information content (AvgIpc) is 2.79. The van der Waals surface area contributed by atoms with E-state index in [1.165, 1.54) is 36.4 Å². The van der Waals surface area contributed by atoms with Gasteiger partial charge in [0.2, 0.25) is 0 Å². The Bertz CT molecular complexity index is 978. The Balaban J connectivity index is 2.02. The molecule has 0 aromatic heterocycles. The molecule has 0 saturated heterocycles. The summed E-state index contributed by atoms with van der Waals surface area (Å²) < 4.78 is 5.11. The van der Waals surface area contributed by atoms with Gasteiger partial charge in [-0.1, -0.05) is 71.8 Å². The molecule has 0 unspecified atom stereocenters. The number of nitrogens with zero attached hydrogens (tertiary/aromatic N) is 1. The summed E-state index contributed by atoms with van der Waals surface area (Å²) in [4.78, 5) is 32.7. The van der Waals surface area contributed by atoms with E-state index in [1.807, 2.05) is 30.3 Å². The number of nitro groups is 1. The maximum Gasteiger partial charge on any atom is 0.330 e. The highest BCUT2D eigenvalue weighted by Crippen LogP contribution is 2.21. The highest BCUT2D eigenvalue weighted by molar-refractivity contribution is 6.53. The monoisotopic (exact) mass is 478 g/mol. The Morgan fingerprint density at radius 1 is 1.09 bits per heavy atom. The lowest BCUT2D eigenvalue weighted by atomic mass is 10.0. The van der Waals surface area contributed by atoms with Crippen molar-refractivity contribution in [2.45, 2.75) is 17.0 Å². The van der Waals surface area contributed by atoms with Gasteiger partial charge in [-0.2, -0.15) is 0 Å². The molecule has 2 aromatic rings. The van der Waals surface area contributed by atoms with Crippen molar-refractivity contribution < 1.29 is 24.4 Å². The maximum atomic E-state index is 12.0. The summed E-state index contributed by atoms with van der Waals surface area (Å²) in [6, 6.07) is 13.4.